The van der Waals surface area contributed by atoms with E-state index in [4.69, 9.17) is 44.0 Å². The fraction of sp³-hybridized carbons (Fsp3) is 0.562. The van der Waals surface area contributed by atoms with Crippen molar-refractivity contribution < 1.29 is 14.0 Å². The average Bonchev–Trinajstić information content (AvgIpc) is 2.93. The van der Waals surface area contributed by atoms with E-state index in [0.29, 0.717) is 43.1 Å². The Morgan fingerprint density at radius 1 is 1.02 bits per heavy atom. The molecule has 2 aromatic heterocycles. The lowest BCUT2D eigenvalue weighted by atomic mass is 10.0. The normalized spacial score (nSPS) is 16.5. The van der Waals surface area contributed by atoms with Crippen LogP contribution in [0.15, 0.2) is 29.1 Å². The summed E-state index contributed by atoms with van der Waals surface area (Å²) in [5.41, 5.74) is 0.634. The minimum atomic E-state index is -2.19. The Bertz CT molecular complexity index is 1650. The van der Waals surface area contributed by atoms with Crippen LogP contribution in [0.2, 0.25) is 33.3 Å². The molecule has 0 radical (unpaired) electrons. The van der Waals surface area contributed by atoms with Gasteiger partial charge in [0.25, 0.3) is 0 Å². The molecule has 246 valence electrons. The van der Waals surface area contributed by atoms with Gasteiger partial charge in [-0.2, -0.15) is 4.98 Å². The van der Waals surface area contributed by atoms with Crippen LogP contribution in [0.4, 0.5) is 10.6 Å². The Hall–Kier alpha value is -2.37. The predicted molar refractivity (Wildman–Crippen MR) is 186 cm³/mol. The molecule has 0 spiro atoms. The van der Waals surface area contributed by atoms with Gasteiger partial charge in [0.2, 0.25) is 0 Å². The van der Waals surface area contributed by atoms with Crippen LogP contribution in [-0.4, -0.2) is 71.7 Å². The van der Waals surface area contributed by atoms with Crippen LogP contribution >= 0.6 is 34.8 Å². The quantitative estimate of drug-likeness (QED) is 0.189. The zero-order chi connectivity index (χ0) is 33.6. The van der Waals surface area contributed by atoms with Crippen molar-refractivity contribution in [1.29, 1.82) is 0 Å². The molecule has 3 heterocycles. The maximum absolute atomic E-state index is 14.0. The van der Waals surface area contributed by atoms with Gasteiger partial charge in [0.05, 0.1) is 33.8 Å². The summed E-state index contributed by atoms with van der Waals surface area (Å²) < 4.78 is 13.8. The first-order valence-corrected chi connectivity index (χ1v) is 19.2. The minimum Gasteiger partial charge on any atom is -0.444 e. The fourth-order valence-electron chi connectivity index (χ4n) is 5.04. The second-order valence-electron chi connectivity index (χ2n) is 14.3. The van der Waals surface area contributed by atoms with Gasteiger partial charge in [-0.15, -0.1) is 0 Å². The second-order valence-corrected chi connectivity index (χ2v) is 20.3. The molecule has 1 atom stereocenters. The highest BCUT2D eigenvalue weighted by molar-refractivity contribution is 6.74. The lowest BCUT2D eigenvalue weighted by molar-refractivity contribution is 0.0199. The molecule has 0 saturated carbocycles. The van der Waals surface area contributed by atoms with Crippen molar-refractivity contribution in [2.75, 3.05) is 31.1 Å². The van der Waals surface area contributed by atoms with Crippen LogP contribution in [0.3, 0.4) is 0 Å². The maximum Gasteiger partial charge on any atom is 0.410 e. The highest BCUT2D eigenvalue weighted by Crippen LogP contribution is 2.41. The summed E-state index contributed by atoms with van der Waals surface area (Å²) >= 11 is 20.0. The molecule has 1 aromatic carbocycles. The second kappa shape index (κ2) is 13.0. The predicted octanol–water partition coefficient (Wildman–Crippen LogP) is 8.31. The molecule has 4 rings (SSSR count). The number of carbonyl (C=O) groups excluding carboxylic acids is 1. The summed E-state index contributed by atoms with van der Waals surface area (Å²) in [5.74, 6) is 0.427. The number of benzene rings is 1. The molecule has 0 aliphatic carbocycles. The van der Waals surface area contributed by atoms with Gasteiger partial charge >= 0.3 is 11.8 Å². The van der Waals surface area contributed by atoms with Crippen molar-refractivity contribution in [2.24, 2.45) is 0 Å². The molecule has 0 unspecified atom stereocenters. The monoisotopic (exact) mass is 695 g/mol. The molecule has 45 heavy (non-hydrogen) atoms. The number of piperazine rings is 1. The van der Waals surface area contributed by atoms with Gasteiger partial charge in [-0.05, 0) is 56.5 Å². The number of anilines is 1. The Balaban J connectivity index is 1.91. The minimum absolute atomic E-state index is 0.0194. The van der Waals surface area contributed by atoms with E-state index in [2.05, 4.69) is 57.7 Å². The van der Waals surface area contributed by atoms with Gasteiger partial charge in [0, 0.05) is 19.6 Å². The third-order valence-corrected chi connectivity index (χ3v) is 14.2. The number of rotatable bonds is 6. The van der Waals surface area contributed by atoms with Gasteiger partial charge in [-0.3, -0.25) is 0 Å². The standard InChI is InChI=1S/C32H44Cl3N5O4Si/c1-19(2)21-13-11-12-14-22(21)40-28-23(24(33)25(34)26(35)36-28)27(37-29(40)41)39-16-15-38(30(42)44-31(3,4)5)17-20(39)18-43-45(9,10)32(6,7)8/h11-14,19-20H,15-18H2,1-10H3/t20-/m0/s1. The van der Waals surface area contributed by atoms with E-state index in [1.165, 1.54) is 4.57 Å². The number of para-hydroxylation sites is 1. The van der Waals surface area contributed by atoms with Gasteiger partial charge in [-0.1, -0.05) is 87.6 Å². The lowest BCUT2D eigenvalue weighted by Gasteiger charge is -2.44. The zero-order valence-electron chi connectivity index (χ0n) is 27.8. The van der Waals surface area contributed by atoms with Crippen molar-refractivity contribution in [3.63, 3.8) is 0 Å². The summed E-state index contributed by atoms with van der Waals surface area (Å²) in [6.45, 7) is 21.7. The van der Waals surface area contributed by atoms with Crippen LogP contribution in [0.1, 0.15) is 66.9 Å². The Labute approximate surface area is 281 Å². The highest BCUT2D eigenvalue weighted by atomic mass is 35.5. The van der Waals surface area contributed by atoms with Gasteiger partial charge < -0.3 is 19.0 Å². The number of carbonyl (C=O) groups is 1. The molecule has 1 saturated heterocycles. The number of fused-ring (bicyclic) bond motifs is 1. The largest absolute Gasteiger partial charge is 0.444 e. The lowest BCUT2D eigenvalue weighted by Crippen LogP contribution is -2.59. The molecule has 0 bridgehead atoms. The summed E-state index contributed by atoms with van der Waals surface area (Å²) in [7, 11) is -2.19. The molecule has 0 N–H and O–H groups in total. The van der Waals surface area contributed by atoms with E-state index in [1.54, 1.807) is 4.90 Å². The SMILES string of the molecule is CC(C)c1ccccc1-n1c(=O)nc(N2CCN(C(=O)OC(C)(C)C)C[C@H]2CO[Si](C)(C)C(C)(C)C)c2c(Cl)c(Cl)c(Cl)nc21. The van der Waals surface area contributed by atoms with E-state index in [0.717, 1.165) is 5.56 Å². The first-order valence-electron chi connectivity index (χ1n) is 15.2. The third kappa shape index (κ3) is 7.46. The van der Waals surface area contributed by atoms with Crippen LogP contribution in [0.25, 0.3) is 16.7 Å². The first-order chi connectivity index (χ1) is 20.7. The Morgan fingerprint density at radius 3 is 2.27 bits per heavy atom. The summed E-state index contributed by atoms with van der Waals surface area (Å²) in [6.07, 6.45) is -0.410. The van der Waals surface area contributed by atoms with Gasteiger partial charge in [-0.25, -0.2) is 19.1 Å². The van der Waals surface area contributed by atoms with Crippen LogP contribution < -0.4 is 10.6 Å². The van der Waals surface area contributed by atoms with Crippen molar-refractivity contribution in [1.82, 2.24) is 19.4 Å². The number of aromatic nitrogens is 3. The summed E-state index contributed by atoms with van der Waals surface area (Å²) in [4.78, 5) is 40.1. The molecule has 1 amide bonds. The number of nitrogens with zero attached hydrogens (tertiary/aromatic N) is 5. The average molecular weight is 697 g/mol. The highest BCUT2D eigenvalue weighted by Gasteiger charge is 2.40. The zero-order valence-corrected chi connectivity index (χ0v) is 31.1. The molecular weight excluding hydrogens is 653 g/mol. The number of hydrogen-bond acceptors (Lipinski definition) is 7. The van der Waals surface area contributed by atoms with Gasteiger partial charge in [0.1, 0.15) is 11.4 Å². The Morgan fingerprint density at radius 2 is 1.67 bits per heavy atom. The Kier molecular flexibility index (Phi) is 10.3. The van der Waals surface area contributed by atoms with E-state index in [9.17, 15) is 9.59 Å². The number of hydrogen-bond donors (Lipinski definition) is 0. The molecule has 3 aromatic rings. The van der Waals surface area contributed by atoms with Crippen molar-refractivity contribution in [3.05, 3.63) is 55.5 Å². The summed E-state index contributed by atoms with van der Waals surface area (Å²) in [6, 6.07) is 7.23. The molecule has 1 fully saturated rings. The molecular formula is C32H44Cl3N5O4Si. The topological polar surface area (TPSA) is 89.8 Å². The first kappa shape index (κ1) is 35.5. The van der Waals surface area contributed by atoms with E-state index in [-0.39, 0.29) is 37.8 Å². The summed E-state index contributed by atoms with van der Waals surface area (Å²) in [5, 5.41) is 0.548. The number of pyridine rings is 1. The van der Waals surface area contributed by atoms with E-state index in [1.807, 2.05) is 49.9 Å². The number of ether oxygens (including phenoxy) is 1. The van der Waals surface area contributed by atoms with Crippen LogP contribution in [-0.2, 0) is 9.16 Å². The number of amides is 1. The smallest absolute Gasteiger partial charge is 0.410 e. The van der Waals surface area contributed by atoms with E-state index >= 15 is 0 Å². The third-order valence-electron chi connectivity index (χ3n) is 8.50. The van der Waals surface area contributed by atoms with Crippen LogP contribution in [0.5, 0.6) is 0 Å². The number of halogens is 3. The molecule has 13 heteroatoms. The molecule has 1 aliphatic rings. The molecule has 9 nitrogen and oxygen atoms in total. The van der Waals surface area contributed by atoms with Crippen molar-refractivity contribution >= 4 is 66.1 Å². The molecule has 1 aliphatic heterocycles. The van der Waals surface area contributed by atoms with E-state index < -0.39 is 25.7 Å². The van der Waals surface area contributed by atoms with Gasteiger partial charge in [0.15, 0.2) is 19.1 Å². The van der Waals surface area contributed by atoms with Crippen LogP contribution in [0, 0.1) is 0 Å². The fourth-order valence-corrected chi connectivity index (χ4v) is 6.70. The van der Waals surface area contributed by atoms with Crippen molar-refractivity contribution in [2.45, 2.75) is 91.1 Å². The maximum atomic E-state index is 14.0. The van der Waals surface area contributed by atoms with Crippen molar-refractivity contribution in [3.8, 4) is 5.69 Å².